The van der Waals surface area contributed by atoms with Gasteiger partial charge in [-0.3, -0.25) is 4.79 Å². The van der Waals surface area contributed by atoms with Crippen LogP contribution in [0.1, 0.15) is 40.5 Å². The van der Waals surface area contributed by atoms with Gasteiger partial charge in [0.2, 0.25) is 5.91 Å². The summed E-state index contributed by atoms with van der Waals surface area (Å²) in [6.45, 7) is 9.38. The van der Waals surface area contributed by atoms with Gasteiger partial charge < -0.3 is 11.1 Å². The van der Waals surface area contributed by atoms with Crippen molar-refractivity contribution in [3.05, 3.63) is 0 Å². The van der Waals surface area contributed by atoms with Crippen LogP contribution >= 0.6 is 0 Å². The maximum Gasteiger partial charge on any atom is 0.221 e. The lowest BCUT2D eigenvalue weighted by atomic mass is 10.0. The van der Waals surface area contributed by atoms with Crippen molar-refractivity contribution in [3.8, 4) is 0 Å². The lowest BCUT2D eigenvalue weighted by Gasteiger charge is -2.15. The molecular weight excluding hydrogens is 188 g/mol. The Labute approximate surface area is 92.8 Å². The molecule has 0 bridgehead atoms. The van der Waals surface area contributed by atoms with E-state index in [9.17, 15) is 4.79 Å². The second-order valence-corrected chi connectivity index (χ2v) is 5.81. The van der Waals surface area contributed by atoms with Crippen molar-refractivity contribution < 1.29 is 4.79 Å². The summed E-state index contributed by atoms with van der Waals surface area (Å²) in [5.41, 5.74) is 6.27. The van der Waals surface area contributed by atoms with Gasteiger partial charge in [0, 0.05) is 19.0 Å². The Kier molecular flexibility index (Phi) is 3.77. The van der Waals surface area contributed by atoms with E-state index in [0.717, 1.165) is 6.54 Å². The van der Waals surface area contributed by atoms with Gasteiger partial charge in [-0.2, -0.15) is 0 Å². The van der Waals surface area contributed by atoms with Crippen molar-refractivity contribution >= 4 is 5.91 Å². The SMILES string of the molecule is CC(C)C(N)CC(=O)NCC1CC1(C)C. The molecule has 0 aliphatic heterocycles. The lowest BCUT2D eigenvalue weighted by molar-refractivity contribution is -0.121. The van der Waals surface area contributed by atoms with Crippen molar-refractivity contribution in [2.75, 3.05) is 6.54 Å². The topological polar surface area (TPSA) is 55.1 Å². The largest absolute Gasteiger partial charge is 0.356 e. The average molecular weight is 212 g/mol. The number of carbonyl (C=O) groups excluding carboxylic acids is 1. The van der Waals surface area contributed by atoms with Crippen molar-refractivity contribution in [2.45, 2.75) is 46.6 Å². The number of amides is 1. The zero-order valence-electron chi connectivity index (χ0n) is 10.3. The average Bonchev–Trinajstić information content (AvgIpc) is 2.70. The third-order valence-corrected chi connectivity index (χ3v) is 3.54. The quantitative estimate of drug-likeness (QED) is 0.726. The molecule has 1 aliphatic rings. The molecule has 0 radical (unpaired) electrons. The minimum Gasteiger partial charge on any atom is -0.356 e. The van der Waals surface area contributed by atoms with Gasteiger partial charge in [-0.25, -0.2) is 0 Å². The van der Waals surface area contributed by atoms with Crippen molar-refractivity contribution in [3.63, 3.8) is 0 Å². The molecule has 2 atom stereocenters. The van der Waals surface area contributed by atoms with Crippen LogP contribution in [0.3, 0.4) is 0 Å². The van der Waals surface area contributed by atoms with E-state index >= 15 is 0 Å². The number of hydrogen-bond acceptors (Lipinski definition) is 2. The van der Waals surface area contributed by atoms with Gasteiger partial charge in [-0.1, -0.05) is 27.7 Å². The molecular formula is C12H24N2O. The summed E-state index contributed by atoms with van der Waals surface area (Å²) in [5, 5.41) is 2.97. The summed E-state index contributed by atoms with van der Waals surface area (Å²) in [4.78, 5) is 11.5. The standard InChI is InChI=1S/C12H24N2O/c1-8(2)10(13)5-11(15)14-7-9-6-12(9,3)4/h8-10H,5-7,13H2,1-4H3,(H,14,15). The highest BCUT2D eigenvalue weighted by Gasteiger charge is 2.45. The maximum atomic E-state index is 11.5. The molecule has 0 aromatic rings. The first-order valence-electron chi connectivity index (χ1n) is 5.85. The molecule has 1 saturated carbocycles. The first-order chi connectivity index (χ1) is 6.83. The van der Waals surface area contributed by atoms with Crippen LogP contribution in [0.5, 0.6) is 0 Å². The zero-order valence-corrected chi connectivity index (χ0v) is 10.3. The molecule has 0 spiro atoms. The summed E-state index contributed by atoms with van der Waals surface area (Å²) in [6, 6.07) is -0.0165. The molecule has 15 heavy (non-hydrogen) atoms. The minimum absolute atomic E-state index is 0.0165. The fourth-order valence-corrected chi connectivity index (χ4v) is 1.68. The number of carbonyl (C=O) groups is 1. The fourth-order valence-electron chi connectivity index (χ4n) is 1.68. The maximum absolute atomic E-state index is 11.5. The summed E-state index contributed by atoms with van der Waals surface area (Å²) in [6.07, 6.45) is 1.67. The summed E-state index contributed by atoms with van der Waals surface area (Å²) >= 11 is 0. The fraction of sp³-hybridized carbons (Fsp3) is 0.917. The van der Waals surface area contributed by atoms with Gasteiger partial charge in [0.15, 0.2) is 0 Å². The Hall–Kier alpha value is -0.570. The number of nitrogens with two attached hydrogens (primary N) is 1. The molecule has 0 aromatic carbocycles. The van der Waals surface area contributed by atoms with E-state index in [-0.39, 0.29) is 11.9 Å². The molecule has 1 fully saturated rings. The number of nitrogens with one attached hydrogen (secondary N) is 1. The molecule has 2 unspecified atom stereocenters. The third kappa shape index (κ3) is 3.82. The second-order valence-electron chi connectivity index (χ2n) is 5.81. The van der Waals surface area contributed by atoms with Crippen LogP contribution in [-0.4, -0.2) is 18.5 Å². The highest BCUT2D eigenvalue weighted by atomic mass is 16.1. The highest BCUT2D eigenvalue weighted by Crippen LogP contribution is 2.50. The Morgan fingerprint density at radius 3 is 2.47 bits per heavy atom. The van der Waals surface area contributed by atoms with Crippen LogP contribution in [0.4, 0.5) is 0 Å². The van der Waals surface area contributed by atoms with E-state index in [0.29, 0.717) is 23.7 Å². The van der Waals surface area contributed by atoms with Gasteiger partial charge in [-0.05, 0) is 23.7 Å². The Morgan fingerprint density at radius 2 is 2.07 bits per heavy atom. The molecule has 3 nitrogen and oxygen atoms in total. The van der Waals surface area contributed by atoms with E-state index in [1.165, 1.54) is 6.42 Å². The molecule has 3 N–H and O–H groups in total. The van der Waals surface area contributed by atoms with E-state index in [1.807, 2.05) is 13.8 Å². The smallest absolute Gasteiger partial charge is 0.221 e. The van der Waals surface area contributed by atoms with E-state index in [4.69, 9.17) is 5.73 Å². The predicted molar refractivity (Wildman–Crippen MR) is 62.3 cm³/mol. The van der Waals surface area contributed by atoms with Gasteiger partial charge >= 0.3 is 0 Å². The minimum atomic E-state index is -0.0165. The van der Waals surface area contributed by atoms with Crippen molar-refractivity contribution in [1.29, 1.82) is 0 Å². The van der Waals surface area contributed by atoms with E-state index in [2.05, 4.69) is 19.2 Å². The summed E-state index contributed by atoms with van der Waals surface area (Å²) in [7, 11) is 0. The molecule has 0 heterocycles. The first-order valence-corrected chi connectivity index (χ1v) is 5.85. The summed E-state index contributed by atoms with van der Waals surface area (Å²) < 4.78 is 0. The zero-order chi connectivity index (χ0) is 11.6. The highest BCUT2D eigenvalue weighted by molar-refractivity contribution is 5.76. The van der Waals surface area contributed by atoms with Crippen LogP contribution in [0, 0.1) is 17.3 Å². The van der Waals surface area contributed by atoms with Crippen molar-refractivity contribution in [1.82, 2.24) is 5.32 Å². The molecule has 1 amide bonds. The van der Waals surface area contributed by atoms with Gasteiger partial charge in [0.25, 0.3) is 0 Å². The van der Waals surface area contributed by atoms with Crippen LogP contribution in [0.25, 0.3) is 0 Å². The third-order valence-electron chi connectivity index (χ3n) is 3.54. The normalized spacial score (nSPS) is 25.1. The molecule has 0 aromatic heterocycles. The summed E-state index contributed by atoms with van der Waals surface area (Å²) in [5.74, 6) is 1.13. The molecule has 1 aliphatic carbocycles. The number of rotatable bonds is 5. The van der Waals surface area contributed by atoms with Gasteiger partial charge in [-0.15, -0.1) is 0 Å². The Bertz CT molecular complexity index is 236. The molecule has 1 rings (SSSR count). The second kappa shape index (κ2) is 4.52. The van der Waals surface area contributed by atoms with Gasteiger partial charge in [0.05, 0.1) is 0 Å². The predicted octanol–water partition coefficient (Wildman–Crippen LogP) is 1.52. The van der Waals surface area contributed by atoms with Gasteiger partial charge in [0.1, 0.15) is 0 Å². The molecule has 3 heteroatoms. The van der Waals surface area contributed by atoms with Crippen LogP contribution in [0.2, 0.25) is 0 Å². The van der Waals surface area contributed by atoms with Crippen LogP contribution < -0.4 is 11.1 Å². The Balaban J connectivity index is 2.15. The first kappa shape index (κ1) is 12.5. The lowest BCUT2D eigenvalue weighted by Crippen LogP contribution is -2.35. The number of hydrogen-bond donors (Lipinski definition) is 2. The van der Waals surface area contributed by atoms with Crippen molar-refractivity contribution in [2.24, 2.45) is 23.0 Å². The van der Waals surface area contributed by atoms with E-state index < -0.39 is 0 Å². The van der Waals surface area contributed by atoms with Crippen LogP contribution in [0.15, 0.2) is 0 Å². The molecule has 88 valence electrons. The Morgan fingerprint density at radius 1 is 1.53 bits per heavy atom. The molecule has 0 saturated heterocycles. The van der Waals surface area contributed by atoms with E-state index in [1.54, 1.807) is 0 Å². The monoisotopic (exact) mass is 212 g/mol. The van der Waals surface area contributed by atoms with Crippen LogP contribution in [-0.2, 0) is 4.79 Å².